The standard InChI is InChI=1S/C16H20BrNOS/c17-14-6-3-5-12-13(10-20-16(12)14)15(18)8-7-11-4-1-2-9-19-11/h3,5-6,10-11,15H,1-2,4,7-9,18H2. The molecule has 0 radical (unpaired) electrons. The summed E-state index contributed by atoms with van der Waals surface area (Å²) in [7, 11) is 0. The first-order valence-electron chi connectivity index (χ1n) is 7.28. The number of thiophene rings is 1. The lowest BCUT2D eigenvalue weighted by Gasteiger charge is -2.23. The van der Waals surface area contributed by atoms with Gasteiger partial charge in [0.25, 0.3) is 0 Å². The van der Waals surface area contributed by atoms with Crippen LogP contribution in [0.1, 0.15) is 43.7 Å². The molecule has 1 saturated heterocycles. The molecule has 0 saturated carbocycles. The quantitative estimate of drug-likeness (QED) is 0.837. The largest absolute Gasteiger partial charge is 0.378 e. The van der Waals surface area contributed by atoms with Crippen LogP contribution in [0.25, 0.3) is 10.1 Å². The van der Waals surface area contributed by atoms with Crippen LogP contribution in [0.2, 0.25) is 0 Å². The second-order valence-electron chi connectivity index (χ2n) is 5.48. The van der Waals surface area contributed by atoms with Crippen LogP contribution in [0.3, 0.4) is 0 Å². The van der Waals surface area contributed by atoms with Crippen LogP contribution in [0.15, 0.2) is 28.1 Å². The van der Waals surface area contributed by atoms with Crippen LogP contribution in [-0.2, 0) is 4.74 Å². The van der Waals surface area contributed by atoms with E-state index in [1.807, 2.05) is 0 Å². The van der Waals surface area contributed by atoms with Gasteiger partial charge in [-0.25, -0.2) is 0 Å². The van der Waals surface area contributed by atoms with Crippen molar-refractivity contribution in [1.29, 1.82) is 0 Å². The molecule has 3 rings (SSSR count). The van der Waals surface area contributed by atoms with E-state index >= 15 is 0 Å². The van der Waals surface area contributed by atoms with Gasteiger partial charge in [0.1, 0.15) is 0 Å². The molecule has 0 amide bonds. The summed E-state index contributed by atoms with van der Waals surface area (Å²) in [5.74, 6) is 0. The first-order chi connectivity index (χ1) is 9.75. The third-order valence-corrected chi connectivity index (χ3v) is 6.03. The van der Waals surface area contributed by atoms with E-state index in [0.717, 1.165) is 23.9 Å². The lowest BCUT2D eigenvalue weighted by molar-refractivity contribution is 0.00914. The van der Waals surface area contributed by atoms with E-state index in [0.29, 0.717) is 6.10 Å². The Morgan fingerprint density at radius 1 is 1.40 bits per heavy atom. The molecule has 2 aromatic rings. The van der Waals surface area contributed by atoms with Gasteiger partial charge < -0.3 is 10.5 Å². The van der Waals surface area contributed by atoms with Gasteiger partial charge in [0, 0.05) is 21.8 Å². The number of benzene rings is 1. The second kappa shape index (κ2) is 6.56. The van der Waals surface area contributed by atoms with Gasteiger partial charge in [-0.3, -0.25) is 0 Å². The fourth-order valence-electron chi connectivity index (χ4n) is 2.88. The zero-order valence-corrected chi connectivity index (χ0v) is 13.9. The number of fused-ring (bicyclic) bond motifs is 1. The van der Waals surface area contributed by atoms with Crippen molar-refractivity contribution in [2.45, 2.75) is 44.2 Å². The van der Waals surface area contributed by atoms with Crippen molar-refractivity contribution < 1.29 is 4.74 Å². The maximum atomic E-state index is 6.41. The molecule has 2 nitrogen and oxygen atoms in total. The van der Waals surface area contributed by atoms with E-state index in [-0.39, 0.29) is 6.04 Å². The van der Waals surface area contributed by atoms with Crippen molar-refractivity contribution in [1.82, 2.24) is 0 Å². The summed E-state index contributed by atoms with van der Waals surface area (Å²) in [6, 6.07) is 6.45. The van der Waals surface area contributed by atoms with Gasteiger partial charge in [-0.05, 0) is 70.4 Å². The monoisotopic (exact) mass is 353 g/mol. The summed E-state index contributed by atoms with van der Waals surface area (Å²) in [5, 5.41) is 3.50. The maximum absolute atomic E-state index is 6.41. The van der Waals surface area contributed by atoms with E-state index < -0.39 is 0 Å². The zero-order chi connectivity index (χ0) is 13.9. The van der Waals surface area contributed by atoms with E-state index in [1.165, 1.54) is 34.9 Å². The first-order valence-corrected chi connectivity index (χ1v) is 8.96. The van der Waals surface area contributed by atoms with Gasteiger partial charge in [0.2, 0.25) is 0 Å². The van der Waals surface area contributed by atoms with Crippen molar-refractivity contribution in [2.75, 3.05) is 6.61 Å². The molecule has 1 aromatic carbocycles. The Labute approximate surface area is 132 Å². The van der Waals surface area contributed by atoms with Crippen LogP contribution >= 0.6 is 27.3 Å². The Hall–Kier alpha value is -0.420. The first kappa shape index (κ1) is 14.5. The number of rotatable bonds is 4. The minimum Gasteiger partial charge on any atom is -0.378 e. The normalized spacial score (nSPS) is 21.2. The average Bonchev–Trinajstić information content (AvgIpc) is 2.91. The Morgan fingerprint density at radius 2 is 2.30 bits per heavy atom. The number of ether oxygens (including phenoxy) is 1. The Balaban J connectivity index is 1.69. The van der Waals surface area contributed by atoms with Crippen LogP contribution in [0.4, 0.5) is 0 Å². The molecule has 2 heterocycles. The molecule has 1 fully saturated rings. The Kier molecular flexibility index (Phi) is 4.76. The minimum atomic E-state index is 0.114. The molecule has 2 unspecified atom stereocenters. The third-order valence-electron chi connectivity index (χ3n) is 4.05. The summed E-state index contributed by atoms with van der Waals surface area (Å²) in [4.78, 5) is 0. The van der Waals surface area contributed by atoms with Crippen molar-refractivity contribution in [3.63, 3.8) is 0 Å². The summed E-state index contributed by atoms with van der Waals surface area (Å²) in [5.41, 5.74) is 7.69. The molecule has 108 valence electrons. The highest BCUT2D eigenvalue weighted by atomic mass is 79.9. The fraction of sp³-hybridized carbons (Fsp3) is 0.500. The van der Waals surface area contributed by atoms with Crippen molar-refractivity contribution in [3.05, 3.63) is 33.6 Å². The molecular formula is C16H20BrNOS. The van der Waals surface area contributed by atoms with Crippen molar-refractivity contribution in [3.8, 4) is 0 Å². The van der Waals surface area contributed by atoms with Gasteiger partial charge >= 0.3 is 0 Å². The molecule has 2 N–H and O–H groups in total. The number of hydrogen-bond acceptors (Lipinski definition) is 3. The summed E-state index contributed by atoms with van der Waals surface area (Å²) in [6.07, 6.45) is 6.21. The molecule has 1 aliphatic heterocycles. The van der Waals surface area contributed by atoms with Gasteiger partial charge in [0.15, 0.2) is 0 Å². The highest BCUT2D eigenvalue weighted by molar-refractivity contribution is 9.10. The average molecular weight is 354 g/mol. The molecular weight excluding hydrogens is 334 g/mol. The predicted molar refractivity (Wildman–Crippen MR) is 89.3 cm³/mol. The molecule has 1 aliphatic rings. The SMILES string of the molecule is NC(CCC1CCCCO1)c1csc2c(Br)cccc12. The van der Waals surface area contributed by atoms with Crippen LogP contribution in [-0.4, -0.2) is 12.7 Å². The minimum absolute atomic E-state index is 0.114. The highest BCUT2D eigenvalue weighted by Crippen LogP contribution is 2.36. The van der Waals surface area contributed by atoms with Gasteiger partial charge in [0.05, 0.1) is 6.10 Å². The zero-order valence-electron chi connectivity index (χ0n) is 11.5. The second-order valence-corrected chi connectivity index (χ2v) is 7.21. The van der Waals surface area contributed by atoms with E-state index in [2.05, 4.69) is 39.5 Å². The summed E-state index contributed by atoms with van der Waals surface area (Å²) >= 11 is 5.38. The highest BCUT2D eigenvalue weighted by Gasteiger charge is 2.18. The van der Waals surface area contributed by atoms with E-state index in [4.69, 9.17) is 10.5 Å². The topological polar surface area (TPSA) is 35.2 Å². The van der Waals surface area contributed by atoms with Crippen LogP contribution in [0.5, 0.6) is 0 Å². The smallest absolute Gasteiger partial charge is 0.0575 e. The van der Waals surface area contributed by atoms with E-state index in [1.54, 1.807) is 11.3 Å². The molecule has 0 bridgehead atoms. The number of hydrogen-bond donors (Lipinski definition) is 1. The number of nitrogens with two attached hydrogens (primary N) is 1. The van der Waals surface area contributed by atoms with Gasteiger partial charge in [-0.2, -0.15) is 0 Å². The van der Waals surface area contributed by atoms with Crippen LogP contribution < -0.4 is 5.73 Å². The molecule has 0 aliphatic carbocycles. The molecule has 20 heavy (non-hydrogen) atoms. The lowest BCUT2D eigenvalue weighted by atomic mass is 9.97. The van der Waals surface area contributed by atoms with Gasteiger partial charge in [-0.15, -0.1) is 11.3 Å². The predicted octanol–water partition coefficient (Wildman–Crippen LogP) is 5.01. The van der Waals surface area contributed by atoms with Crippen molar-refractivity contribution >= 4 is 37.4 Å². The fourth-order valence-corrected chi connectivity index (χ4v) is 4.57. The Morgan fingerprint density at radius 3 is 3.10 bits per heavy atom. The molecule has 2 atom stereocenters. The van der Waals surface area contributed by atoms with Crippen molar-refractivity contribution in [2.24, 2.45) is 5.73 Å². The lowest BCUT2D eigenvalue weighted by Crippen LogP contribution is -2.21. The third kappa shape index (κ3) is 3.08. The van der Waals surface area contributed by atoms with E-state index in [9.17, 15) is 0 Å². The molecule has 0 spiro atoms. The maximum Gasteiger partial charge on any atom is 0.0575 e. The summed E-state index contributed by atoms with van der Waals surface area (Å²) in [6.45, 7) is 0.925. The molecule has 4 heteroatoms. The number of halogens is 1. The summed E-state index contributed by atoms with van der Waals surface area (Å²) < 4.78 is 8.25. The molecule has 1 aromatic heterocycles. The van der Waals surface area contributed by atoms with Crippen LogP contribution in [0, 0.1) is 0 Å². The Bertz CT molecular complexity index is 577. The van der Waals surface area contributed by atoms with Gasteiger partial charge in [-0.1, -0.05) is 12.1 Å².